The number of hydrogen-bond donors (Lipinski definition) is 0. The van der Waals surface area contributed by atoms with Gasteiger partial charge in [-0.2, -0.15) is 5.10 Å². The van der Waals surface area contributed by atoms with E-state index in [9.17, 15) is 4.79 Å². The molecule has 1 aliphatic rings. The van der Waals surface area contributed by atoms with Gasteiger partial charge in [-0.3, -0.25) is 4.79 Å². The molecule has 0 unspecified atom stereocenters. The average Bonchev–Trinajstić information content (AvgIpc) is 2.80. The summed E-state index contributed by atoms with van der Waals surface area (Å²) in [6.45, 7) is 5.70. The Kier molecular flexibility index (Phi) is 3.18. The molecule has 0 atom stereocenters. The van der Waals surface area contributed by atoms with Crippen LogP contribution in [0.25, 0.3) is 11.3 Å². The van der Waals surface area contributed by atoms with Crippen LogP contribution in [-0.2, 0) is 5.75 Å². The van der Waals surface area contributed by atoms with E-state index < -0.39 is 5.41 Å². The molecule has 0 saturated heterocycles. The second-order valence-electron chi connectivity index (χ2n) is 5.93. The van der Waals surface area contributed by atoms with Gasteiger partial charge in [-0.15, -0.1) is 11.8 Å². The summed E-state index contributed by atoms with van der Waals surface area (Å²) in [5, 5.41) is 5.18. The van der Waals surface area contributed by atoms with Crippen molar-refractivity contribution in [3.05, 3.63) is 35.0 Å². The van der Waals surface area contributed by atoms with Gasteiger partial charge in [-0.25, -0.2) is 4.68 Å². The highest BCUT2D eigenvalue weighted by molar-refractivity contribution is 7.98. The maximum Gasteiger partial charge on any atom is 0.252 e. The molecule has 3 nitrogen and oxygen atoms in total. The number of hydrogen-bond acceptors (Lipinski definition) is 3. The van der Waals surface area contributed by atoms with E-state index >= 15 is 0 Å². The van der Waals surface area contributed by atoms with Crippen LogP contribution in [0.15, 0.2) is 29.3 Å². The molecule has 0 spiro atoms. The standard InChI is InChI=1S/C15H15ClN2OS/c1-15(2,3)14(19)18-7-9-8-20-12-5-4-10(16)6-11(12)13(9)17-18/h4-7H,8H2,1-3H3. The van der Waals surface area contributed by atoms with Crippen LogP contribution in [-0.4, -0.2) is 15.7 Å². The van der Waals surface area contributed by atoms with Crippen molar-refractivity contribution in [2.24, 2.45) is 5.41 Å². The Balaban J connectivity index is 2.10. The Labute approximate surface area is 127 Å². The Morgan fingerprint density at radius 1 is 1.40 bits per heavy atom. The van der Waals surface area contributed by atoms with Crippen LogP contribution in [0.5, 0.6) is 0 Å². The van der Waals surface area contributed by atoms with E-state index in [0.717, 1.165) is 27.5 Å². The molecule has 5 heteroatoms. The number of nitrogens with zero attached hydrogens (tertiary/aromatic N) is 2. The number of carbonyl (C=O) groups excluding carboxylic acids is 1. The van der Waals surface area contributed by atoms with E-state index in [0.29, 0.717) is 5.02 Å². The van der Waals surface area contributed by atoms with E-state index in [2.05, 4.69) is 5.10 Å². The number of benzene rings is 1. The van der Waals surface area contributed by atoms with Gasteiger partial charge in [0.25, 0.3) is 5.91 Å². The SMILES string of the molecule is CC(C)(C)C(=O)n1cc2c(n1)-c1cc(Cl)ccc1SC2. The van der Waals surface area contributed by atoms with Crippen LogP contribution in [0.3, 0.4) is 0 Å². The lowest BCUT2D eigenvalue weighted by atomic mass is 9.96. The minimum absolute atomic E-state index is 0.000443. The maximum atomic E-state index is 12.3. The van der Waals surface area contributed by atoms with Gasteiger partial charge < -0.3 is 0 Å². The van der Waals surface area contributed by atoms with E-state index in [1.807, 2.05) is 45.2 Å². The topological polar surface area (TPSA) is 34.9 Å². The molecule has 2 heterocycles. The molecule has 0 saturated carbocycles. The van der Waals surface area contributed by atoms with Crippen LogP contribution in [0.1, 0.15) is 31.1 Å². The number of halogens is 1. The first-order chi connectivity index (χ1) is 9.36. The van der Waals surface area contributed by atoms with Gasteiger partial charge in [-0.05, 0) is 18.2 Å². The maximum absolute atomic E-state index is 12.3. The minimum atomic E-state index is -0.446. The van der Waals surface area contributed by atoms with Crippen molar-refractivity contribution in [2.45, 2.75) is 31.4 Å². The lowest BCUT2D eigenvalue weighted by Gasteiger charge is -2.15. The van der Waals surface area contributed by atoms with E-state index in [1.54, 1.807) is 11.8 Å². The predicted molar refractivity (Wildman–Crippen MR) is 82.3 cm³/mol. The second kappa shape index (κ2) is 4.64. The highest BCUT2D eigenvalue weighted by Gasteiger charge is 2.27. The molecular formula is C15H15ClN2OS. The fourth-order valence-corrected chi connectivity index (χ4v) is 3.33. The minimum Gasteiger partial charge on any atom is -0.272 e. The van der Waals surface area contributed by atoms with E-state index in [-0.39, 0.29) is 5.91 Å². The Hall–Kier alpha value is -1.26. The molecule has 104 valence electrons. The average molecular weight is 307 g/mol. The third-order valence-electron chi connectivity index (χ3n) is 3.22. The third-order valence-corrected chi connectivity index (χ3v) is 4.58. The van der Waals surface area contributed by atoms with Crippen molar-refractivity contribution in [2.75, 3.05) is 0 Å². The third kappa shape index (κ3) is 2.27. The van der Waals surface area contributed by atoms with Gasteiger partial charge in [0.1, 0.15) is 0 Å². The molecule has 0 N–H and O–H groups in total. The van der Waals surface area contributed by atoms with Crippen LogP contribution in [0, 0.1) is 5.41 Å². The number of carbonyl (C=O) groups is 1. The predicted octanol–water partition coefficient (Wildman–Crippen LogP) is 4.50. The zero-order valence-corrected chi connectivity index (χ0v) is 13.2. The van der Waals surface area contributed by atoms with Crippen molar-refractivity contribution < 1.29 is 4.79 Å². The normalized spacial score (nSPS) is 13.8. The molecule has 2 aromatic rings. The smallest absolute Gasteiger partial charge is 0.252 e. The van der Waals surface area contributed by atoms with Crippen molar-refractivity contribution in [3.63, 3.8) is 0 Å². The molecule has 0 bridgehead atoms. The van der Waals surface area contributed by atoms with Gasteiger partial charge in [0.05, 0.1) is 5.69 Å². The summed E-state index contributed by atoms with van der Waals surface area (Å²) in [6, 6.07) is 5.81. The molecule has 0 amide bonds. The second-order valence-corrected chi connectivity index (χ2v) is 7.39. The molecular weight excluding hydrogens is 292 g/mol. The summed E-state index contributed by atoms with van der Waals surface area (Å²) >= 11 is 7.82. The number of thioether (sulfide) groups is 1. The summed E-state index contributed by atoms with van der Waals surface area (Å²) in [7, 11) is 0. The lowest BCUT2D eigenvalue weighted by Crippen LogP contribution is -2.27. The first kappa shape index (κ1) is 13.7. The number of aromatic nitrogens is 2. The highest BCUT2D eigenvalue weighted by Crippen LogP contribution is 2.41. The number of rotatable bonds is 0. The summed E-state index contributed by atoms with van der Waals surface area (Å²) in [5.41, 5.74) is 2.53. The summed E-state index contributed by atoms with van der Waals surface area (Å²) in [5.74, 6) is 0.835. The quantitative estimate of drug-likeness (QED) is 0.719. The van der Waals surface area contributed by atoms with Crippen molar-refractivity contribution in [1.82, 2.24) is 9.78 Å². The first-order valence-corrected chi connectivity index (χ1v) is 7.79. The monoisotopic (exact) mass is 306 g/mol. The lowest BCUT2D eigenvalue weighted by molar-refractivity contribution is 0.0749. The highest BCUT2D eigenvalue weighted by atomic mass is 35.5. The fourth-order valence-electron chi connectivity index (χ4n) is 2.16. The zero-order valence-electron chi connectivity index (χ0n) is 11.6. The van der Waals surface area contributed by atoms with Crippen LogP contribution < -0.4 is 0 Å². The zero-order chi connectivity index (χ0) is 14.5. The summed E-state index contributed by atoms with van der Waals surface area (Å²) in [4.78, 5) is 13.5. The van der Waals surface area contributed by atoms with Crippen molar-refractivity contribution in [1.29, 1.82) is 0 Å². The van der Waals surface area contributed by atoms with Crippen molar-refractivity contribution in [3.8, 4) is 11.3 Å². The van der Waals surface area contributed by atoms with Gasteiger partial charge in [0.2, 0.25) is 0 Å². The van der Waals surface area contributed by atoms with Gasteiger partial charge in [0, 0.05) is 38.4 Å². The van der Waals surface area contributed by atoms with Crippen LogP contribution in [0.2, 0.25) is 5.02 Å². The van der Waals surface area contributed by atoms with Gasteiger partial charge in [0.15, 0.2) is 0 Å². The van der Waals surface area contributed by atoms with Gasteiger partial charge >= 0.3 is 0 Å². The molecule has 3 rings (SSSR count). The first-order valence-electron chi connectivity index (χ1n) is 6.42. The molecule has 0 aliphatic carbocycles. The van der Waals surface area contributed by atoms with Crippen LogP contribution in [0.4, 0.5) is 0 Å². The van der Waals surface area contributed by atoms with E-state index in [4.69, 9.17) is 11.6 Å². The Bertz CT molecular complexity index is 700. The van der Waals surface area contributed by atoms with Crippen molar-refractivity contribution >= 4 is 29.3 Å². The molecule has 1 aromatic carbocycles. The molecule has 1 aromatic heterocycles. The van der Waals surface area contributed by atoms with Gasteiger partial charge in [-0.1, -0.05) is 32.4 Å². The molecule has 1 aliphatic heterocycles. The fraction of sp³-hybridized carbons (Fsp3) is 0.333. The van der Waals surface area contributed by atoms with E-state index in [1.165, 1.54) is 4.68 Å². The molecule has 20 heavy (non-hydrogen) atoms. The molecule has 0 fully saturated rings. The summed E-state index contributed by atoms with van der Waals surface area (Å²) < 4.78 is 1.47. The Morgan fingerprint density at radius 2 is 2.15 bits per heavy atom. The number of fused-ring (bicyclic) bond motifs is 3. The largest absolute Gasteiger partial charge is 0.272 e. The van der Waals surface area contributed by atoms with Crippen LogP contribution >= 0.6 is 23.4 Å². The summed E-state index contributed by atoms with van der Waals surface area (Å²) in [6.07, 6.45) is 1.85. The molecule has 0 radical (unpaired) electrons. The Morgan fingerprint density at radius 3 is 2.85 bits per heavy atom.